The van der Waals surface area contributed by atoms with Gasteiger partial charge in [-0.2, -0.15) is 0 Å². The highest BCUT2D eigenvalue weighted by Crippen LogP contribution is 2.25. The lowest BCUT2D eigenvalue weighted by atomic mass is 9.85. The summed E-state index contributed by atoms with van der Waals surface area (Å²) in [6.07, 6.45) is 0.980. The molecule has 0 bridgehead atoms. The van der Waals surface area contributed by atoms with Gasteiger partial charge in [0.05, 0.1) is 11.8 Å². The van der Waals surface area contributed by atoms with Gasteiger partial charge in [0.15, 0.2) is 0 Å². The molecule has 4 N–H and O–H groups in total. The molecule has 1 fully saturated rings. The lowest BCUT2D eigenvalue weighted by molar-refractivity contribution is -0.159. The molecule has 0 saturated carbocycles. The van der Waals surface area contributed by atoms with Crippen molar-refractivity contribution in [3.8, 4) is 0 Å². The van der Waals surface area contributed by atoms with E-state index < -0.39 is 23.8 Å². The van der Waals surface area contributed by atoms with E-state index in [0.29, 0.717) is 13.0 Å². The molecule has 0 radical (unpaired) electrons. The van der Waals surface area contributed by atoms with Gasteiger partial charge in [-0.25, -0.2) is 0 Å². The van der Waals surface area contributed by atoms with Crippen molar-refractivity contribution in [2.45, 2.75) is 32.2 Å². The normalized spacial score (nSPS) is 24.8. The average molecular weight is 272 g/mol. The summed E-state index contributed by atoms with van der Waals surface area (Å²) in [6, 6.07) is -0.0872. The number of amides is 1. The Morgan fingerprint density at radius 1 is 1.26 bits per heavy atom. The molecule has 7 heteroatoms. The number of carbonyl (C=O) groups excluding carboxylic acids is 1. The topological polar surface area (TPSA) is 121 Å². The van der Waals surface area contributed by atoms with Crippen molar-refractivity contribution in [3.05, 3.63) is 0 Å². The Morgan fingerprint density at radius 2 is 1.84 bits per heavy atom. The van der Waals surface area contributed by atoms with Crippen LogP contribution < -0.4 is 5.73 Å². The van der Waals surface area contributed by atoms with Gasteiger partial charge in [-0.05, 0) is 19.8 Å². The van der Waals surface area contributed by atoms with Crippen LogP contribution in [0.3, 0.4) is 0 Å². The van der Waals surface area contributed by atoms with Crippen LogP contribution in [0.4, 0.5) is 0 Å². The second-order valence-corrected chi connectivity index (χ2v) is 5.03. The highest BCUT2D eigenvalue weighted by Gasteiger charge is 2.39. The summed E-state index contributed by atoms with van der Waals surface area (Å²) in [6.45, 7) is 2.05. The maximum absolute atomic E-state index is 11.9. The Hall–Kier alpha value is -1.63. The fraction of sp³-hybridized carbons (Fsp3) is 0.750. The summed E-state index contributed by atoms with van der Waals surface area (Å²) >= 11 is 0. The number of carbonyl (C=O) groups is 3. The summed E-state index contributed by atoms with van der Waals surface area (Å²) < 4.78 is 0. The molecule has 1 aliphatic rings. The van der Waals surface area contributed by atoms with E-state index in [1.54, 1.807) is 6.92 Å². The Kier molecular flexibility index (Phi) is 5.29. The van der Waals surface area contributed by atoms with E-state index in [1.165, 1.54) is 4.90 Å². The van der Waals surface area contributed by atoms with E-state index in [-0.39, 0.29) is 31.3 Å². The number of nitrogens with two attached hydrogens (primary N) is 1. The fourth-order valence-corrected chi connectivity index (χ4v) is 2.23. The van der Waals surface area contributed by atoms with Gasteiger partial charge >= 0.3 is 11.9 Å². The molecule has 1 heterocycles. The highest BCUT2D eigenvalue weighted by molar-refractivity contribution is 5.82. The van der Waals surface area contributed by atoms with Crippen LogP contribution in [-0.2, 0) is 14.4 Å². The fourth-order valence-electron chi connectivity index (χ4n) is 2.23. The minimum Gasteiger partial charge on any atom is -0.481 e. The number of rotatable bonds is 5. The first-order valence-electron chi connectivity index (χ1n) is 6.32. The second-order valence-electron chi connectivity index (χ2n) is 5.03. The molecule has 19 heavy (non-hydrogen) atoms. The van der Waals surface area contributed by atoms with Gasteiger partial charge in [0.1, 0.15) is 0 Å². The standard InChI is InChI=1S/C12H20N2O5/c1-7(13)2-3-10(15)14-5-4-8(11(16)17)9(6-14)12(18)19/h7-9H,2-6,13H2,1H3,(H,16,17)(H,18,19). The molecule has 1 saturated heterocycles. The second kappa shape index (κ2) is 6.51. The van der Waals surface area contributed by atoms with Crippen LogP contribution in [0.2, 0.25) is 0 Å². The smallest absolute Gasteiger partial charge is 0.309 e. The highest BCUT2D eigenvalue weighted by atomic mass is 16.4. The van der Waals surface area contributed by atoms with Crippen LogP contribution >= 0.6 is 0 Å². The number of likely N-dealkylation sites (tertiary alicyclic amines) is 1. The van der Waals surface area contributed by atoms with Crippen LogP contribution in [0, 0.1) is 11.8 Å². The zero-order valence-corrected chi connectivity index (χ0v) is 10.9. The minimum absolute atomic E-state index is 0.0376. The van der Waals surface area contributed by atoms with Gasteiger partial charge in [0.25, 0.3) is 0 Å². The Morgan fingerprint density at radius 3 is 2.32 bits per heavy atom. The van der Waals surface area contributed by atoms with Crippen molar-refractivity contribution in [3.63, 3.8) is 0 Å². The largest absolute Gasteiger partial charge is 0.481 e. The third-order valence-corrected chi connectivity index (χ3v) is 3.41. The first kappa shape index (κ1) is 15.4. The maximum Gasteiger partial charge on any atom is 0.309 e. The number of hydrogen-bond acceptors (Lipinski definition) is 4. The Bertz CT molecular complexity index is 369. The summed E-state index contributed by atoms with van der Waals surface area (Å²) in [4.78, 5) is 35.4. The molecule has 3 unspecified atom stereocenters. The van der Waals surface area contributed by atoms with Crippen molar-refractivity contribution in [1.29, 1.82) is 0 Å². The zero-order chi connectivity index (χ0) is 14.6. The van der Waals surface area contributed by atoms with E-state index in [4.69, 9.17) is 15.9 Å². The molecule has 1 aliphatic heterocycles. The summed E-state index contributed by atoms with van der Waals surface area (Å²) in [5.41, 5.74) is 5.56. The van der Waals surface area contributed by atoms with Crippen LogP contribution in [0.15, 0.2) is 0 Å². The van der Waals surface area contributed by atoms with E-state index in [0.717, 1.165) is 0 Å². The number of carboxylic acids is 2. The van der Waals surface area contributed by atoms with Gasteiger partial charge in [-0.15, -0.1) is 0 Å². The summed E-state index contributed by atoms with van der Waals surface area (Å²) in [5, 5.41) is 18.0. The molecule has 0 aromatic carbocycles. The van der Waals surface area contributed by atoms with Crippen LogP contribution in [0.1, 0.15) is 26.2 Å². The predicted octanol–water partition coefficient (Wildman–Crippen LogP) is -0.252. The number of piperidine rings is 1. The number of aliphatic carboxylic acids is 2. The monoisotopic (exact) mass is 272 g/mol. The summed E-state index contributed by atoms with van der Waals surface area (Å²) in [7, 11) is 0. The first-order chi connectivity index (χ1) is 8.82. The van der Waals surface area contributed by atoms with Crippen LogP contribution in [0.5, 0.6) is 0 Å². The molecule has 0 aliphatic carbocycles. The Balaban J connectivity index is 2.63. The van der Waals surface area contributed by atoms with E-state index in [1.807, 2.05) is 0 Å². The zero-order valence-electron chi connectivity index (χ0n) is 10.9. The van der Waals surface area contributed by atoms with Gasteiger partial charge in [-0.1, -0.05) is 0 Å². The van der Waals surface area contributed by atoms with E-state index in [2.05, 4.69) is 0 Å². The predicted molar refractivity (Wildman–Crippen MR) is 66.3 cm³/mol. The number of hydrogen-bond donors (Lipinski definition) is 3. The van der Waals surface area contributed by atoms with Gasteiger partial charge in [0, 0.05) is 25.6 Å². The quantitative estimate of drug-likeness (QED) is 0.634. The number of nitrogens with zero attached hydrogens (tertiary/aromatic N) is 1. The molecule has 108 valence electrons. The van der Waals surface area contributed by atoms with Crippen molar-refractivity contribution in [1.82, 2.24) is 4.90 Å². The summed E-state index contributed by atoms with van der Waals surface area (Å²) in [5.74, 6) is -4.40. The van der Waals surface area contributed by atoms with Crippen molar-refractivity contribution < 1.29 is 24.6 Å². The van der Waals surface area contributed by atoms with Crippen LogP contribution in [-0.4, -0.2) is 52.1 Å². The van der Waals surface area contributed by atoms with Crippen LogP contribution in [0.25, 0.3) is 0 Å². The first-order valence-corrected chi connectivity index (χ1v) is 6.32. The van der Waals surface area contributed by atoms with Gasteiger partial charge in [-0.3, -0.25) is 14.4 Å². The third-order valence-electron chi connectivity index (χ3n) is 3.41. The van der Waals surface area contributed by atoms with Crippen molar-refractivity contribution in [2.75, 3.05) is 13.1 Å². The molecule has 3 atom stereocenters. The van der Waals surface area contributed by atoms with Gasteiger partial charge in [0.2, 0.25) is 5.91 Å². The molecular formula is C12H20N2O5. The maximum atomic E-state index is 11.9. The molecule has 0 aromatic heterocycles. The molecule has 1 amide bonds. The minimum atomic E-state index is -1.17. The van der Waals surface area contributed by atoms with E-state index in [9.17, 15) is 14.4 Å². The molecule has 0 spiro atoms. The SMILES string of the molecule is CC(N)CCC(=O)N1CCC(C(=O)O)C(C(=O)O)C1. The number of carboxylic acid groups (broad SMARTS) is 2. The lowest BCUT2D eigenvalue weighted by Crippen LogP contribution is -2.48. The third kappa shape index (κ3) is 4.20. The lowest BCUT2D eigenvalue weighted by Gasteiger charge is -2.34. The van der Waals surface area contributed by atoms with Crippen molar-refractivity contribution in [2.24, 2.45) is 17.6 Å². The molecular weight excluding hydrogens is 252 g/mol. The molecule has 7 nitrogen and oxygen atoms in total. The van der Waals surface area contributed by atoms with Gasteiger partial charge < -0.3 is 20.8 Å². The molecule has 0 aromatic rings. The van der Waals surface area contributed by atoms with E-state index >= 15 is 0 Å². The molecule has 1 rings (SSSR count). The Labute approximate surface area is 111 Å². The van der Waals surface area contributed by atoms with Crippen molar-refractivity contribution >= 4 is 17.8 Å². The average Bonchev–Trinajstić information content (AvgIpc) is 2.34.